The number of nitrogens with zero attached hydrogens (tertiary/aromatic N) is 5. The van der Waals surface area contributed by atoms with Crippen LogP contribution in [0.2, 0.25) is 5.02 Å². The highest BCUT2D eigenvalue weighted by Crippen LogP contribution is 2.40. The van der Waals surface area contributed by atoms with Crippen molar-refractivity contribution in [3.05, 3.63) is 112 Å². The van der Waals surface area contributed by atoms with E-state index in [1.54, 1.807) is 16.9 Å². The maximum absolute atomic E-state index is 13.2. The van der Waals surface area contributed by atoms with Crippen molar-refractivity contribution in [1.29, 1.82) is 0 Å². The molecule has 0 spiro atoms. The maximum atomic E-state index is 13.2. The number of carbonyl (C=O) groups is 1. The molecule has 36 heavy (non-hydrogen) atoms. The molecule has 8 heteroatoms. The highest BCUT2D eigenvalue weighted by Gasteiger charge is 2.42. The van der Waals surface area contributed by atoms with Crippen molar-refractivity contribution in [3.8, 4) is 0 Å². The summed E-state index contributed by atoms with van der Waals surface area (Å²) in [5.41, 5.74) is 2.72. The number of halogens is 2. The zero-order valence-corrected chi connectivity index (χ0v) is 20.6. The lowest BCUT2D eigenvalue weighted by atomic mass is 9.72. The molecule has 1 aliphatic rings. The number of tetrazole rings is 1. The monoisotopic (exact) mass is 503 g/mol. The molecule has 4 aromatic rings. The molecule has 0 unspecified atom stereocenters. The number of aryl methyl sites for hydroxylation is 1. The minimum atomic E-state index is -0.409. The van der Waals surface area contributed by atoms with Crippen LogP contribution in [0.4, 0.5) is 4.39 Å². The van der Waals surface area contributed by atoms with E-state index in [2.05, 4.69) is 22.4 Å². The number of rotatable bonds is 7. The quantitative estimate of drug-likeness (QED) is 0.354. The Kier molecular flexibility index (Phi) is 7.09. The van der Waals surface area contributed by atoms with Crippen molar-refractivity contribution in [2.45, 2.75) is 37.6 Å². The summed E-state index contributed by atoms with van der Waals surface area (Å²) < 4.78 is 13.2. The largest absolute Gasteiger partial charge is 0.343 e. The van der Waals surface area contributed by atoms with Gasteiger partial charge in [-0.3, -0.25) is 4.79 Å². The van der Waals surface area contributed by atoms with E-state index in [0.29, 0.717) is 56.2 Å². The minimum Gasteiger partial charge on any atom is -0.343 e. The van der Waals surface area contributed by atoms with Crippen molar-refractivity contribution >= 4 is 17.5 Å². The molecule has 0 bridgehead atoms. The van der Waals surface area contributed by atoms with E-state index in [9.17, 15) is 9.18 Å². The molecule has 1 fully saturated rings. The molecule has 0 aliphatic carbocycles. The van der Waals surface area contributed by atoms with Crippen LogP contribution in [0.1, 0.15) is 41.8 Å². The molecular formula is C28H27ClFN5O. The lowest BCUT2D eigenvalue weighted by Crippen LogP contribution is -2.46. The first-order chi connectivity index (χ1) is 17.5. The molecule has 2 heterocycles. The summed E-state index contributed by atoms with van der Waals surface area (Å²) in [7, 11) is 0. The summed E-state index contributed by atoms with van der Waals surface area (Å²) in [6, 6.07) is 24.2. The van der Waals surface area contributed by atoms with Crippen LogP contribution in [0.25, 0.3) is 0 Å². The molecule has 1 aliphatic heterocycles. The third kappa shape index (κ3) is 5.31. The molecule has 5 rings (SSSR count). The van der Waals surface area contributed by atoms with E-state index >= 15 is 0 Å². The van der Waals surface area contributed by atoms with Crippen LogP contribution >= 0.6 is 11.6 Å². The zero-order chi connectivity index (χ0) is 25.0. The number of aromatic nitrogens is 4. The molecule has 6 nitrogen and oxygen atoms in total. The molecule has 1 aromatic heterocycles. The van der Waals surface area contributed by atoms with Gasteiger partial charge in [0.15, 0.2) is 5.82 Å². The van der Waals surface area contributed by atoms with Crippen LogP contribution in [0, 0.1) is 5.82 Å². The number of amides is 1. The van der Waals surface area contributed by atoms with E-state index < -0.39 is 5.41 Å². The van der Waals surface area contributed by atoms with Gasteiger partial charge in [0.1, 0.15) is 5.82 Å². The molecule has 1 saturated heterocycles. The molecule has 0 saturated carbocycles. The lowest BCUT2D eigenvalue weighted by Gasteiger charge is -2.40. The van der Waals surface area contributed by atoms with Gasteiger partial charge in [-0.05, 0) is 65.4 Å². The normalized spacial score (nSPS) is 15.1. The Morgan fingerprint density at radius 2 is 1.58 bits per heavy atom. The summed E-state index contributed by atoms with van der Waals surface area (Å²) in [5, 5.41) is 14.3. The van der Waals surface area contributed by atoms with Crippen molar-refractivity contribution in [2.75, 3.05) is 13.1 Å². The highest BCUT2D eigenvalue weighted by molar-refractivity contribution is 6.30. The van der Waals surface area contributed by atoms with Gasteiger partial charge >= 0.3 is 0 Å². The Bertz CT molecular complexity index is 1300. The number of benzene rings is 3. The van der Waals surface area contributed by atoms with Crippen molar-refractivity contribution in [2.24, 2.45) is 0 Å². The zero-order valence-electron chi connectivity index (χ0n) is 19.9. The number of piperidine rings is 1. The van der Waals surface area contributed by atoms with Crippen molar-refractivity contribution in [1.82, 2.24) is 25.1 Å². The molecule has 0 N–H and O–H groups in total. The van der Waals surface area contributed by atoms with Crippen LogP contribution < -0.4 is 0 Å². The van der Waals surface area contributed by atoms with Gasteiger partial charge in [-0.2, -0.15) is 4.80 Å². The molecule has 184 valence electrons. The van der Waals surface area contributed by atoms with E-state index in [1.807, 2.05) is 47.4 Å². The predicted octanol–water partition coefficient (Wildman–Crippen LogP) is 5.06. The van der Waals surface area contributed by atoms with Crippen LogP contribution in [0.5, 0.6) is 0 Å². The third-order valence-corrected chi connectivity index (χ3v) is 7.21. The summed E-state index contributed by atoms with van der Waals surface area (Å²) >= 11 is 6.00. The first-order valence-electron chi connectivity index (χ1n) is 12.1. The molecular weight excluding hydrogens is 477 g/mol. The topological polar surface area (TPSA) is 63.9 Å². The number of likely N-dealkylation sites (tertiary alicyclic amines) is 1. The first-order valence-corrected chi connectivity index (χ1v) is 12.5. The van der Waals surface area contributed by atoms with Crippen molar-refractivity contribution < 1.29 is 9.18 Å². The van der Waals surface area contributed by atoms with Crippen LogP contribution in [-0.4, -0.2) is 44.1 Å². The summed E-state index contributed by atoms with van der Waals surface area (Å²) in [5.74, 6) is 0.526. The highest BCUT2D eigenvalue weighted by atomic mass is 35.5. The van der Waals surface area contributed by atoms with Crippen LogP contribution in [-0.2, 0) is 23.2 Å². The average Bonchev–Trinajstić information content (AvgIpc) is 3.39. The summed E-state index contributed by atoms with van der Waals surface area (Å²) in [6.45, 7) is 1.73. The fraction of sp³-hybridized carbons (Fsp3) is 0.286. The second-order valence-corrected chi connectivity index (χ2v) is 9.66. The standard InChI is InChI=1S/C28H27ClFN5O/c29-24-11-6-22(7-12-24)20-35-32-27(31-33-35)28(23-4-2-1-3-5-23)16-18-34(19-17-28)26(36)15-10-21-8-13-25(30)14-9-21/h1-9,11-14H,10,15-20H2. The second-order valence-electron chi connectivity index (χ2n) is 9.23. The van der Waals surface area contributed by atoms with Gasteiger partial charge in [-0.1, -0.05) is 66.2 Å². The fourth-order valence-electron chi connectivity index (χ4n) is 4.85. The van der Waals surface area contributed by atoms with Gasteiger partial charge < -0.3 is 4.90 Å². The van der Waals surface area contributed by atoms with E-state index in [1.165, 1.54) is 12.1 Å². The average molecular weight is 504 g/mol. The number of hydrogen-bond donors (Lipinski definition) is 0. The molecule has 3 aromatic carbocycles. The van der Waals surface area contributed by atoms with Gasteiger partial charge in [0, 0.05) is 24.5 Å². The predicted molar refractivity (Wildman–Crippen MR) is 136 cm³/mol. The van der Waals surface area contributed by atoms with Gasteiger partial charge in [0.05, 0.1) is 12.0 Å². The van der Waals surface area contributed by atoms with Gasteiger partial charge in [-0.15, -0.1) is 10.2 Å². The number of carbonyl (C=O) groups excluding carboxylic acids is 1. The first kappa shape index (κ1) is 24.1. The SMILES string of the molecule is O=C(CCc1ccc(F)cc1)N1CCC(c2ccccc2)(c2nnn(Cc3ccc(Cl)cc3)n2)CC1. The third-order valence-electron chi connectivity index (χ3n) is 6.95. The van der Waals surface area contributed by atoms with E-state index in [0.717, 1.165) is 16.7 Å². The Balaban J connectivity index is 1.30. The fourth-order valence-corrected chi connectivity index (χ4v) is 4.98. The maximum Gasteiger partial charge on any atom is 0.222 e. The van der Waals surface area contributed by atoms with Gasteiger partial charge in [0.2, 0.25) is 5.91 Å². The molecule has 1 amide bonds. The van der Waals surface area contributed by atoms with E-state index in [4.69, 9.17) is 16.7 Å². The van der Waals surface area contributed by atoms with Gasteiger partial charge in [-0.25, -0.2) is 4.39 Å². The molecule has 0 atom stereocenters. The Morgan fingerprint density at radius 3 is 2.28 bits per heavy atom. The molecule has 0 radical (unpaired) electrons. The van der Waals surface area contributed by atoms with E-state index in [-0.39, 0.29) is 11.7 Å². The second kappa shape index (κ2) is 10.6. The van der Waals surface area contributed by atoms with Gasteiger partial charge in [0.25, 0.3) is 0 Å². The summed E-state index contributed by atoms with van der Waals surface area (Å²) in [6.07, 6.45) is 2.43. The lowest BCUT2D eigenvalue weighted by molar-refractivity contribution is -0.132. The Hall–Kier alpha value is -3.58. The Labute approximate surface area is 214 Å². The number of hydrogen-bond acceptors (Lipinski definition) is 4. The Morgan fingerprint density at radius 1 is 0.917 bits per heavy atom. The van der Waals surface area contributed by atoms with Crippen molar-refractivity contribution in [3.63, 3.8) is 0 Å². The smallest absolute Gasteiger partial charge is 0.222 e. The summed E-state index contributed by atoms with van der Waals surface area (Å²) in [4.78, 5) is 16.5. The minimum absolute atomic E-state index is 0.111. The van der Waals surface area contributed by atoms with Crippen LogP contribution in [0.15, 0.2) is 78.9 Å². The van der Waals surface area contributed by atoms with Crippen LogP contribution in [0.3, 0.4) is 0 Å².